The number of aromatic nitrogens is 2. The first-order chi connectivity index (χ1) is 16.1. The molecular formula is C26H33N5OS. The van der Waals surface area contributed by atoms with Gasteiger partial charge in [0.05, 0.1) is 5.39 Å². The Kier molecular flexibility index (Phi) is 6.60. The number of nitrogens with zero attached hydrogens (tertiary/aromatic N) is 4. The van der Waals surface area contributed by atoms with Gasteiger partial charge in [-0.15, -0.1) is 11.3 Å². The Hall–Kier alpha value is -2.51. The highest BCUT2D eigenvalue weighted by Crippen LogP contribution is 2.35. The fraction of sp³-hybridized carbons (Fsp3) is 0.500. The molecule has 1 amide bonds. The predicted molar refractivity (Wildman–Crippen MR) is 135 cm³/mol. The fourth-order valence-corrected chi connectivity index (χ4v) is 6.04. The second-order valence-corrected chi connectivity index (χ2v) is 10.6. The second-order valence-electron chi connectivity index (χ2n) is 9.44. The number of nitrogens with one attached hydrogen (secondary N) is 1. The van der Waals surface area contributed by atoms with E-state index in [4.69, 9.17) is 0 Å². The quantitative estimate of drug-likeness (QED) is 0.586. The lowest BCUT2D eigenvalue weighted by molar-refractivity contribution is -0.125. The standard InChI is InChI=1S/C26H33N5OS/c1-18-19(2)33-26-23(18)24(28-17-29-26)31-13-9-22(10-14-31)25(32)27-15-20-5-7-21(8-6-20)16-30-11-3-4-12-30/h5-8,17,22H,3-4,9-16H2,1-2H3,(H,27,32). The van der Waals surface area contributed by atoms with Crippen molar-refractivity contribution in [3.05, 3.63) is 52.2 Å². The maximum absolute atomic E-state index is 12.8. The summed E-state index contributed by atoms with van der Waals surface area (Å²) in [5.74, 6) is 1.26. The summed E-state index contributed by atoms with van der Waals surface area (Å²) in [4.78, 5) is 29.1. The van der Waals surface area contributed by atoms with Gasteiger partial charge < -0.3 is 10.2 Å². The largest absolute Gasteiger partial charge is 0.356 e. The van der Waals surface area contributed by atoms with E-state index in [1.807, 2.05) is 0 Å². The zero-order valence-electron chi connectivity index (χ0n) is 19.6. The Balaban J connectivity index is 1.13. The minimum atomic E-state index is 0.0679. The van der Waals surface area contributed by atoms with Crippen LogP contribution in [0.1, 0.15) is 47.3 Å². The van der Waals surface area contributed by atoms with E-state index < -0.39 is 0 Å². The molecule has 2 saturated heterocycles. The summed E-state index contributed by atoms with van der Waals surface area (Å²) in [6.07, 6.45) is 6.02. The lowest BCUT2D eigenvalue weighted by atomic mass is 9.95. The molecule has 4 heterocycles. The second kappa shape index (κ2) is 9.77. The van der Waals surface area contributed by atoms with Crippen LogP contribution < -0.4 is 10.2 Å². The summed E-state index contributed by atoms with van der Waals surface area (Å²) >= 11 is 1.73. The van der Waals surface area contributed by atoms with Crippen molar-refractivity contribution in [2.75, 3.05) is 31.1 Å². The molecule has 0 saturated carbocycles. The highest BCUT2D eigenvalue weighted by atomic mass is 32.1. The van der Waals surface area contributed by atoms with Crippen LogP contribution in [0.15, 0.2) is 30.6 Å². The summed E-state index contributed by atoms with van der Waals surface area (Å²) < 4.78 is 0. The van der Waals surface area contributed by atoms with Gasteiger partial charge in [-0.3, -0.25) is 9.69 Å². The fourth-order valence-electron chi connectivity index (χ4n) is 5.05. The number of hydrogen-bond donors (Lipinski definition) is 1. The summed E-state index contributed by atoms with van der Waals surface area (Å²) in [6.45, 7) is 10.1. The number of fused-ring (bicyclic) bond motifs is 1. The Bertz CT molecular complexity index is 1110. The van der Waals surface area contributed by atoms with E-state index in [9.17, 15) is 4.79 Å². The Morgan fingerprint density at radius 1 is 1.03 bits per heavy atom. The third-order valence-corrected chi connectivity index (χ3v) is 8.32. The highest BCUT2D eigenvalue weighted by Gasteiger charge is 2.27. The van der Waals surface area contributed by atoms with Crippen molar-refractivity contribution >= 4 is 33.3 Å². The average Bonchev–Trinajstić information content (AvgIpc) is 3.46. The maximum atomic E-state index is 12.8. The lowest BCUT2D eigenvalue weighted by Gasteiger charge is -2.32. The lowest BCUT2D eigenvalue weighted by Crippen LogP contribution is -2.40. The van der Waals surface area contributed by atoms with Crippen LogP contribution >= 0.6 is 11.3 Å². The SMILES string of the molecule is Cc1sc2ncnc(N3CCC(C(=O)NCc4ccc(CN5CCCC5)cc4)CC3)c2c1C. The zero-order chi connectivity index (χ0) is 22.8. The molecule has 0 radical (unpaired) electrons. The molecule has 0 unspecified atom stereocenters. The molecule has 2 aromatic heterocycles. The molecule has 2 aliphatic heterocycles. The van der Waals surface area contributed by atoms with Crippen LogP contribution in [0, 0.1) is 19.8 Å². The minimum absolute atomic E-state index is 0.0679. The van der Waals surface area contributed by atoms with Gasteiger partial charge in [0, 0.05) is 37.0 Å². The van der Waals surface area contributed by atoms with Crippen molar-refractivity contribution < 1.29 is 4.79 Å². The van der Waals surface area contributed by atoms with Crippen LogP contribution in [0.5, 0.6) is 0 Å². The molecule has 174 valence electrons. The van der Waals surface area contributed by atoms with Crippen molar-refractivity contribution in [2.24, 2.45) is 5.92 Å². The smallest absolute Gasteiger partial charge is 0.223 e. The molecular weight excluding hydrogens is 430 g/mol. The van der Waals surface area contributed by atoms with Gasteiger partial charge in [0.2, 0.25) is 5.91 Å². The molecule has 33 heavy (non-hydrogen) atoms. The Morgan fingerprint density at radius 2 is 1.73 bits per heavy atom. The highest BCUT2D eigenvalue weighted by molar-refractivity contribution is 7.18. The zero-order valence-corrected chi connectivity index (χ0v) is 20.5. The molecule has 7 heteroatoms. The number of carbonyl (C=O) groups is 1. The van der Waals surface area contributed by atoms with Crippen molar-refractivity contribution in [3.63, 3.8) is 0 Å². The van der Waals surface area contributed by atoms with Gasteiger partial charge >= 0.3 is 0 Å². The molecule has 3 aromatic rings. The molecule has 0 spiro atoms. The van der Waals surface area contributed by atoms with Crippen molar-refractivity contribution in [1.82, 2.24) is 20.2 Å². The molecule has 5 rings (SSSR count). The number of amides is 1. The number of anilines is 1. The Labute approximate surface area is 200 Å². The van der Waals surface area contributed by atoms with E-state index >= 15 is 0 Å². The molecule has 6 nitrogen and oxygen atoms in total. The van der Waals surface area contributed by atoms with E-state index in [1.165, 1.54) is 47.3 Å². The minimum Gasteiger partial charge on any atom is -0.356 e. The van der Waals surface area contributed by atoms with E-state index in [-0.39, 0.29) is 11.8 Å². The number of likely N-dealkylation sites (tertiary alicyclic amines) is 1. The average molecular weight is 464 g/mol. The van der Waals surface area contributed by atoms with Crippen LogP contribution in [0.25, 0.3) is 10.2 Å². The van der Waals surface area contributed by atoms with Gasteiger partial charge in [0.25, 0.3) is 0 Å². The van der Waals surface area contributed by atoms with Gasteiger partial charge in [-0.2, -0.15) is 0 Å². The van der Waals surface area contributed by atoms with Gasteiger partial charge in [0.1, 0.15) is 17.0 Å². The van der Waals surface area contributed by atoms with E-state index in [0.717, 1.165) is 48.7 Å². The molecule has 0 bridgehead atoms. The number of piperidine rings is 1. The topological polar surface area (TPSA) is 61.4 Å². The van der Waals surface area contributed by atoms with Crippen LogP contribution in [0.4, 0.5) is 5.82 Å². The summed E-state index contributed by atoms with van der Waals surface area (Å²) in [6, 6.07) is 8.71. The van der Waals surface area contributed by atoms with Gasteiger partial charge in [0.15, 0.2) is 0 Å². The molecule has 1 aromatic carbocycles. The number of thiophene rings is 1. The van der Waals surface area contributed by atoms with E-state index in [0.29, 0.717) is 6.54 Å². The normalized spacial score (nSPS) is 17.7. The molecule has 0 atom stereocenters. The van der Waals surface area contributed by atoms with Crippen molar-refractivity contribution in [1.29, 1.82) is 0 Å². The van der Waals surface area contributed by atoms with Gasteiger partial charge in [-0.05, 0) is 69.3 Å². The first-order valence-corrected chi connectivity index (χ1v) is 12.9. The van der Waals surface area contributed by atoms with Crippen LogP contribution in [0.3, 0.4) is 0 Å². The Morgan fingerprint density at radius 3 is 2.45 bits per heavy atom. The monoisotopic (exact) mass is 463 g/mol. The number of hydrogen-bond acceptors (Lipinski definition) is 6. The molecule has 0 aliphatic carbocycles. The van der Waals surface area contributed by atoms with E-state index in [2.05, 4.69) is 63.2 Å². The van der Waals surface area contributed by atoms with Gasteiger partial charge in [-0.1, -0.05) is 24.3 Å². The predicted octanol–water partition coefficient (Wildman–Crippen LogP) is 4.44. The van der Waals surface area contributed by atoms with Crippen LogP contribution in [-0.4, -0.2) is 47.0 Å². The maximum Gasteiger partial charge on any atom is 0.223 e. The first-order valence-electron chi connectivity index (χ1n) is 12.1. The summed E-state index contributed by atoms with van der Waals surface area (Å²) in [7, 11) is 0. The third-order valence-electron chi connectivity index (χ3n) is 7.21. The van der Waals surface area contributed by atoms with Crippen LogP contribution in [-0.2, 0) is 17.9 Å². The van der Waals surface area contributed by atoms with Crippen LogP contribution in [0.2, 0.25) is 0 Å². The number of carbonyl (C=O) groups excluding carboxylic acids is 1. The number of benzene rings is 1. The van der Waals surface area contributed by atoms with E-state index in [1.54, 1.807) is 17.7 Å². The molecule has 2 aliphatic rings. The van der Waals surface area contributed by atoms with Crippen molar-refractivity contribution in [3.8, 4) is 0 Å². The molecule has 1 N–H and O–H groups in total. The van der Waals surface area contributed by atoms with Crippen molar-refractivity contribution in [2.45, 2.75) is 52.6 Å². The first kappa shape index (κ1) is 22.3. The number of aryl methyl sites for hydroxylation is 2. The summed E-state index contributed by atoms with van der Waals surface area (Å²) in [5, 5.41) is 4.34. The van der Waals surface area contributed by atoms with Gasteiger partial charge in [-0.25, -0.2) is 9.97 Å². The molecule has 2 fully saturated rings. The summed E-state index contributed by atoms with van der Waals surface area (Å²) in [5.41, 5.74) is 3.80. The number of rotatable bonds is 6. The third kappa shape index (κ3) is 4.89.